The van der Waals surface area contributed by atoms with Crippen LogP contribution in [0, 0.1) is 18.3 Å². The summed E-state index contributed by atoms with van der Waals surface area (Å²) in [4.78, 5) is 0. The Morgan fingerprint density at radius 3 is 2.55 bits per heavy atom. The molecule has 0 aromatic heterocycles. The van der Waals surface area contributed by atoms with Crippen molar-refractivity contribution in [3.63, 3.8) is 0 Å². The van der Waals surface area contributed by atoms with Gasteiger partial charge in [-0.3, -0.25) is 4.72 Å². The van der Waals surface area contributed by atoms with E-state index in [9.17, 15) is 8.42 Å². The third-order valence-electron chi connectivity index (χ3n) is 2.76. The monoisotopic (exact) mass is 312 g/mol. The molecule has 0 aliphatic carbocycles. The van der Waals surface area contributed by atoms with E-state index in [-0.39, 0.29) is 0 Å². The van der Waals surface area contributed by atoms with Gasteiger partial charge in [0.15, 0.2) is 0 Å². The van der Waals surface area contributed by atoms with Crippen molar-refractivity contribution in [1.29, 1.82) is 0 Å². The van der Waals surface area contributed by atoms with Gasteiger partial charge in [0.25, 0.3) is 0 Å². The highest BCUT2D eigenvalue weighted by Gasteiger charge is 2.11. The van der Waals surface area contributed by atoms with Gasteiger partial charge in [-0.1, -0.05) is 31.4 Å². The molecule has 0 amide bonds. The summed E-state index contributed by atoms with van der Waals surface area (Å²) < 4.78 is 25.0. The highest BCUT2D eigenvalue weighted by atomic mass is 35.5. The molecule has 0 atom stereocenters. The summed E-state index contributed by atoms with van der Waals surface area (Å²) in [6, 6.07) is 3.36. The summed E-state index contributed by atoms with van der Waals surface area (Å²) in [6.45, 7) is 4.18. The first-order valence-electron chi connectivity index (χ1n) is 6.29. The van der Waals surface area contributed by atoms with E-state index in [1.165, 1.54) is 5.92 Å². The Balaban J connectivity index is 2.99. The van der Waals surface area contributed by atoms with E-state index in [0.717, 1.165) is 31.1 Å². The second kappa shape index (κ2) is 7.01. The van der Waals surface area contributed by atoms with Crippen molar-refractivity contribution in [3.05, 3.63) is 34.2 Å². The Kier molecular flexibility index (Phi) is 5.91. The third-order valence-corrected chi connectivity index (χ3v) is 3.70. The van der Waals surface area contributed by atoms with Crippen LogP contribution in [0.4, 0.5) is 5.69 Å². The fourth-order valence-corrected chi connectivity index (χ4v) is 2.67. The van der Waals surface area contributed by atoms with E-state index in [0.29, 0.717) is 16.3 Å². The fraction of sp³-hybridized carbons (Fsp3) is 0.400. The molecular formula is C15H19ClNO2S. The van der Waals surface area contributed by atoms with Crippen molar-refractivity contribution in [2.24, 2.45) is 0 Å². The van der Waals surface area contributed by atoms with Gasteiger partial charge in [-0.05, 0) is 42.9 Å². The maximum Gasteiger partial charge on any atom is 0.229 e. The predicted molar refractivity (Wildman–Crippen MR) is 85.4 cm³/mol. The van der Waals surface area contributed by atoms with E-state index >= 15 is 0 Å². The number of aryl methyl sites for hydroxylation is 1. The predicted octanol–water partition coefficient (Wildman–Crippen LogP) is 3.63. The lowest BCUT2D eigenvalue weighted by molar-refractivity contribution is 0.607. The van der Waals surface area contributed by atoms with E-state index in [1.807, 2.05) is 0 Å². The average Bonchev–Trinajstić information content (AvgIpc) is 2.29. The molecule has 0 saturated carbocycles. The van der Waals surface area contributed by atoms with Crippen LogP contribution in [-0.2, 0) is 16.4 Å². The highest BCUT2D eigenvalue weighted by molar-refractivity contribution is 7.92. The maximum atomic E-state index is 11.3. The fourth-order valence-electron chi connectivity index (χ4n) is 1.85. The molecule has 1 rings (SSSR count). The normalized spacial score (nSPS) is 11.4. The molecule has 0 bridgehead atoms. The zero-order valence-corrected chi connectivity index (χ0v) is 13.5. The zero-order chi connectivity index (χ0) is 15.3. The molecule has 1 aromatic rings. The number of terminal acetylenes is 1. The van der Waals surface area contributed by atoms with Crippen LogP contribution in [0.15, 0.2) is 12.1 Å². The van der Waals surface area contributed by atoms with E-state index in [1.54, 1.807) is 12.1 Å². The Labute approximate surface area is 126 Å². The van der Waals surface area contributed by atoms with E-state index in [4.69, 9.17) is 18.0 Å². The minimum atomic E-state index is -3.38. The molecule has 109 valence electrons. The molecule has 0 unspecified atom stereocenters. The van der Waals surface area contributed by atoms with Crippen molar-refractivity contribution in [1.82, 2.24) is 0 Å². The van der Waals surface area contributed by atoms with Crippen LogP contribution in [0.5, 0.6) is 0 Å². The molecule has 0 saturated heterocycles. The summed E-state index contributed by atoms with van der Waals surface area (Å²) in [5.41, 5.74) is 1.80. The van der Waals surface area contributed by atoms with Crippen molar-refractivity contribution in [2.75, 3.05) is 11.0 Å². The average molecular weight is 313 g/mol. The molecule has 0 aliphatic heterocycles. The molecule has 1 N–H and O–H groups in total. The molecule has 5 heteroatoms. The van der Waals surface area contributed by atoms with Crippen molar-refractivity contribution < 1.29 is 8.42 Å². The van der Waals surface area contributed by atoms with Gasteiger partial charge >= 0.3 is 0 Å². The number of sulfonamides is 1. The van der Waals surface area contributed by atoms with Crippen LogP contribution in [0.1, 0.15) is 37.8 Å². The van der Waals surface area contributed by atoms with Gasteiger partial charge in [-0.2, -0.15) is 0 Å². The maximum absolute atomic E-state index is 11.3. The summed E-state index contributed by atoms with van der Waals surface area (Å²) in [5, 5.41) is 0.531. The van der Waals surface area contributed by atoms with Crippen LogP contribution in [0.2, 0.25) is 5.02 Å². The van der Waals surface area contributed by atoms with Crippen LogP contribution in [0.3, 0.4) is 0 Å². The van der Waals surface area contributed by atoms with Crippen LogP contribution < -0.4 is 4.72 Å². The van der Waals surface area contributed by atoms with Gasteiger partial charge in [0, 0.05) is 10.6 Å². The quantitative estimate of drug-likeness (QED) is 0.815. The number of halogens is 1. The minimum absolute atomic E-state index is 0.349. The van der Waals surface area contributed by atoms with Crippen molar-refractivity contribution >= 4 is 27.3 Å². The Hall–Kier alpha value is -1.18. The molecular weight excluding hydrogens is 294 g/mol. The Bertz CT molecular complexity index is 615. The number of rotatable bonds is 6. The van der Waals surface area contributed by atoms with E-state index in [2.05, 4.69) is 24.5 Å². The number of nitrogens with one attached hydrogen (secondary N) is 1. The van der Waals surface area contributed by atoms with Gasteiger partial charge < -0.3 is 0 Å². The first-order chi connectivity index (χ1) is 9.23. The van der Waals surface area contributed by atoms with Crippen molar-refractivity contribution in [3.8, 4) is 12.3 Å². The highest BCUT2D eigenvalue weighted by Crippen LogP contribution is 2.27. The lowest BCUT2D eigenvalue weighted by Crippen LogP contribution is -2.11. The van der Waals surface area contributed by atoms with Crippen LogP contribution in [-0.4, -0.2) is 14.7 Å². The molecule has 3 nitrogen and oxygen atoms in total. The van der Waals surface area contributed by atoms with Gasteiger partial charge in [0.05, 0.1) is 11.9 Å². The Morgan fingerprint density at radius 2 is 2.05 bits per heavy atom. The van der Waals surface area contributed by atoms with Crippen molar-refractivity contribution in [2.45, 2.75) is 33.1 Å². The number of hydrogen-bond acceptors (Lipinski definition) is 2. The molecule has 0 heterocycles. The van der Waals surface area contributed by atoms with E-state index < -0.39 is 10.0 Å². The zero-order valence-electron chi connectivity index (χ0n) is 12.0. The lowest BCUT2D eigenvalue weighted by Gasteiger charge is -2.12. The second-order valence-corrected chi connectivity index (χ2v) is 7.22. The van der Waals surface area contributed by atoms with Gasteiger partial charge in [0.2, 0.25) is 10.0 Å². The molecule has 0 aliphatic rings. The van der Waals surface area contributed by atoms with Crippen LogP contribution in [0.25, 0.3) is 0 Å². The number of hydrogen-bond donors (Lipinski definition) is 1. The molecule has 1 aromatic carbocycles. The van der Waals surface area contributed by atoms with Gasteiger partial charge in [-0.25, -0.2) is 8.42 Å². The SMILES string of the molecule is C#Cc1cc(CCC[C](C)C)c(Cl)cc1NS(C)(=O)=O. The lowest BCUT2D eigenvalue weighted by atomic mass is 10.0. The third kappa shape index (κ3) is 5.44. The summed E-state index contributed by atoms with van der Waals surface area (Å²) >= 11 is 6.19. The molecule has 0 spiro atoms. The summed E-state index contributed by atoms with van der Waals surface area (Å²) in [5.74, 6) is 3.86. The largest absolute Gasteiger partial charge is 0.282 e. The summed E-state index contributed by atoms with van der Waals surface area (Å²) in [6.07, 6.45) is 9.35. The summed E-state index contributed by atoms with van der Waals surface area (Å²) in [7, 11) is -3.38. The first kappa shape index (κ1) is 16.9. The molecule has 20 heavy (non-hydrogen) atoms. The Morgan fingerprint density at radius 1 is 1.40 bits per heavy atom. The van der Waals surface area contributed by atoms with Gasteiger partial charge in [-0.15, -0.1) is 6.42 Å². The number of anilines is 1. The number of benzene rings is 1. The van der Waals surface area contributed by atoms with Gasteiger partial charge in [0.1, 0.15) is 0 Å². The molecule has 1 radical (unpaired) electrons. The topological polar surface area (TPSA) is 46.2 Å². The smallest absolute Gasteiger partial charge is 0.229 e. The second-order valence-electron chi connectivity index (χ2n) is 5.07. The first-order valence-corrected chi connectivity index (χ1v) is 8.55. The van der Waals surface area contributed by atoms with Crippen LogP contribution >= 0.6 is 11.6 Å². The minimum Gasteiger partial charge on any atom is -0.282 e. The molecule has 0 fully saturated rings. The standard InChI is InChI=1S/C15H19ClNO2S/c1-5-12-9-13(8-6-7-11(2)3)14(16)10-15(12)17-20(4,18)19/h1,9-10,17H,6-8H2,2-4H3.